The average Bonchev–Trinajstić information content (AvgIpc) is 3.21. The summed E-state index contributed by atoms with van der Waals surface area (Å²) in [6, 6.07) is 12.0. The molecule has 0 saturated carbocycles. The molecular formula is C24H32N2O4S. The van der Waals surface area contributed by atoms with Crippen molar-refractivity contribution >= 4 is 23.2 Å². The van der Waals surface area contributed by atoms with Gasteiger partial charge in [-0.2, -0.15) is 0 Å². The molecule has 3 rings (SSSR count). The molecule has 2 N–H and O–H groups in total. The number of rotatable bonds is 6. The van der Waals surface area contributed by atoms with E-state index in [0.717, 1.165) is 4.88 Å². The van der Waals surface area contributed by atoms with Crippen molar-refractivity contribution in [2.45, 2.75) is 58.2 Å². The van der Waals surface area contributed by atoms with Gasteiger partial charge in [0.25, 0.3) is 5.91 Å². The number of carbonyl (C=O) groups excluding carboxylic acids is 2. The van der Waals surface area contributed by atoms with Gasteiger partial charge in [-0.25, -0.2) is 0 Å². The summed E-state index contributed by atoms with van der Waals surface area (Å²) < 4.78 is 5.68. The van der Waals surface area contributed by atoms with E-state index in [-0.39, 0.29) is 23.8 Å². The first-order valence-electron chi connectivity index (χ1n) is 10.6. The molecule has 2 aromatic rings. The van der Waals surface area contributed by atoms with Gasteiger partial charge in [-0.3, -0.25) is 9.59 Å². The lowest BCUT2D eigenvalue weighted by Crippen LogP contribution is -2.63. The second kappa shape index (κ2) is 9.40. The maximum Gasteiger partial charge on any atom is 0.261 e. The molecule has 3 atom stereocenters. The van der Waals surface area contributed by atoms with Crippen molar-refractivity contribution in [1.82, 2.24) is 10.2 Å². The van der Waals surface area contributed by atoms with E-state index in [2.05, 4.69) is 5.32 Å². The molecule has 0 radical (unpaired) electrons. The second-order valence-electron chi connectivity index (χ2n) is 9.54. The summed E-state index contributed by atoms with van der Waals surface area (Å²) in [7, 11) is 0. The summed E-state index contributed by atoms with van der Waals surface area (Å²) in [4.78, 5) is 28.6. The molecule has 1 aromatic heterocycles. The highest BCUT2D eigenvalue weighted by atomic mass is 32.1. The standard InChI is InChI=1S/C24H32N2O4S/c1-23(2,3)15-19(27)25-22-21(18-11-8-14-31-18)26(13-12-24(22,4)29)20(28)16-30-17-9-6-5-7-10-17/h5-11,14,21-22,29H,12-13,15-16H2,1-4H3,(H,25,27)/t21-,22-,24+/m0/s1. The first-order chi connectivity index (χ1) is 14.6. The van der Waals surface area contributed by atoms with Gasteiger partial charge in [-0.05, 0) is 42.3 Å². The Kier molecular flexibility index (Phi) is 7.06. The lowest BCUT2D eigenvalue weighted by atomic mass is 9.81. The number of hydrogen-bond donors (Lipinski definition) is 2. The van der Waals surface area contributed by atoms with Crippen LogP contribution in [0.1, 0.15) is 51.5 Å². The number of benzene rings is 1. The Bertz CT molecular complexity index is 875. The molecule has 0 aliphatic carbocycles. The highest BCUT2D eigenvalue weighted by Gasteiger charge is 2.48. The highest BCUT2D eigenvalue weighted by Crippen LogP contribution is 2.39. The van der Waals surface area contributed by atoms with Gasteiger partial charge in [-0.1, -0.05) is 45.0 Å². The number of ether oxygens (including phenoxy) is 1. The van der Waals surface area contributed by atoms with Crippen molar-refractivity contribution in [2.75, 3.05) is 13.2 Å². The number of nitrogens with zero attached hydrogens (tertiary/aromatic N) is 1. The van der Waals surface area contributed by atoms with Crippen LogP contribution in [-0.2, 0) is 9.59 Å². The van der Waals surface area contributed by atoms with Gasteiger partial charge in [0.1, 0.15) is 5.75 Å². The van der Waals surface area contributed by atoms with E-state index in [1.54, 1.807) is 24.0 Å². The molecule has 0 unspecified atom stereocenters. The van der Waals surface area contributed by atoms with Crippen LogP contribution in [0.3, 0.4) is 0 Å². The van der Waals surface area contributed by atoms with E-state index < -0.39 is 17.7 Å². The van der Waals surface area contributed by atoms with Crippen molar-refractivity contribution in [3.8, 4) is 5.75 Å². The maximum atomic E-state index is 13.2. The molecule has 2 amide bonds. The summed E-state index contributed by atoms with van der Waals surface area (Å²) in [5.41, 5.74) is -1.32. The normalized spacial score (nSPS) is 24.0. The summed E-state index contributed by atoms with van der Waals surface area (Å²) in [5.74, 6) is 0.324. The smallest absolute Gasteiger partial charge is 0.261 e. The van der Waals surface area contributed by atoms with Crippen LogP contribution in [0.2, 0.25) is 0 Å². The number of aliphatic hydroxyl groups is 1. The molecular weight excluding hydrogens is 412 g/mol. The summed E-state index contributed by atoms with van der Waals surface area (Å²) in [6.07, 6.45) is 0.703. The minimum atomic E-state index is -1.14. The predicted molar refractivity (Wildman–Crippen MR) is 122 cm³/mol. The molecule has 1 aliphatic heterocycles. The van der Waals surface area contributed by atoms with Gasteiger partial charge in [0.05, 0.1) is 17.7 Å². The topological polar surface area (TPSA) is 78.9 Å². The molecule has 168 valence electrons. The van der Waals surface area contributed by atoms with E-state index in [4.69, 9.17) is 4.74 Å². The number of piperidine rings is 1. The number of hydrogen-bond acceptors (Lipinski definition) is 5. The summed E-state index contributed by atoms with van der Waals surface area (Å²) >= 11 is 1.51. The second-order valence-corrected chi connectivity index (χ2v) is 10.5. The number of nitrogens with one attached hydrogen (secondary N) is 1. The third-order valence-corrected chi connectivity index (χ3v) is 6.39. The minimum absolute atomic E-state index is 0.101. The number of para-hydroxylation sites is 1. The van der Waals surface area contributed by atoms with Gasteiger partial charge >= 0.3 is 0 Å². The van der Waals surface area contributed by atoms with Gasteiger partial charge in [-0.15, -0.1) is 11.3 Å². The van der Waals surface area contributed by atoms with Crippen molar-refractivity contribution in [3.05, 3.63) is 52.7 Å². The van der Waals surface area contributed by atoms with E-state index in [0.29, 0.717) is 25.1 Å². The largest absolute Gasteiger partial charge is 0.484 e. The molecule has 7 heteroatoms. The molecule has 1 aliphatic rings. The lowest BCUT2D eigenvalue weighted by molar-refractivity contribution is -0.148. The van der Waals surface area contributed by atoms with Gasteiger partial charge in [0.2, 0.25) is 5.91 Å². The van der Waals surface area contributed by atoms with Gasteiger partial charge in [0.15, 0.2) is 6.61 Å². The number of thiophene rings is 1. The Morgan fingerprint density at radius 3 is 2.55 bits per heavy atom. The van der Waals surface area contributed by atoms with E-state index >= 15 is 0 Å². The van der Waals surface area contributed by atoms with Crippen molar-refractivity contribution in [2.24, 2.45) is 5.41 Å². The van der Waals surface area contributed by atoms with Crippen LogP contribution < -0.4 is 10.1 Å². The first-order valence-corrected chi connectivity index (χ1v) is 11.5. The number of amides is 2. The van der Waals surface area contributed by atoms with E-state index in [1.165, 1.54) is 11.3 Å². The Balaban J connectivity index is 1.83. The molecule has 6 nitrogen and oxygen atoms in total. The SMILES string of the molecule is CC(C)(C)CC(=O)N[C@H]1[C@H](c2cccs2)N(C(=O)COc2ccccc2)CC[C@@]1(C)O. The van der Waals surface area contributed by atoms with Gasteiger partial charge in [0, 0.05) is 17.8 Å². The van der Waals surface area contributed by atoms with Crippen molar-refractivity contribution in [3.63, 3.8) is 0 Å². The number of likely N-dealkylation sites (tertiary alicyclic amines) is 1. The van der Waals surface area contributed by atoms with Crippen LogP contribution in [0.5, 0.6) is 5.75 Å². The average molecular weight is 445 g/mol. The van der Waals surface area contributed by atoms with E-state index in [1.807, 2.05) is 56.5 Å². The van der Waals surface area contributed by atoms with Crippen molar-refractivity contribution in [1.29, 1.82) is 0 Å². The fourth-order valence-corrected chi connectivity index (χ4v) is 4.78. The van der Waals surface area contributed by atoms with Crippen LogP contribution in [-0.4, -0.2) is 46.6 Å². The fourth-order valence-electron chi connectivity index (χ4n) is 3.90. The Labute approximate surface area is 188 Å². The third kappa shape index (κ3) is 6.08. The Hall–Kier alpha value is -2.38. The third-order valence-electron chi connectivity index (χ3n) is 5.45. The van der Waals surface area contributed by atoms with E-state index in [9.17, 15) is 14.7 Å². The zero-order chi connectivity index (χ0) is 22.6. The molecule has 1 fully saturated rings. The summed E-state index contributed by atoms with van der Waals surface area (Å²) in [6.45, 7) is 8.02. The highest BCUT2D eigenvalue weighted by molar-refractivity contribution is 7.10. The molecule has 0 spiro atoms. The zero-order valence-corrected chi connectivity index (χ0v) is 19.4. The lowest BCUT2D eigenvalue weighted by Gasteiger charge is -2.48. The fraction of sp³-hybridized carbons (Fsp3) is 0.500. The molecule has 1 saturated heterocycles. The molecule has 2 heterocycles. The Morgan fingerprint density at radius 2 is 1.94 bits per heavy atom. The molecule has 31 heavy (non-hydrogen) atoms. The van der Waals surface area contributed by atoms with Crippen LogP contribution in [0.4, 0.5) is 0 Å². The maximum absolute atomic E-state index is 13.2. The summed E-state index contributed by atoms with van der Waals surface area (Å²) in [5, 5.41) is 16.2. The van der Waals surface area contributed by atoms with Crippen LogP contribution in [0, 0.1) is 5.41 Å². The van der Waals surface area contributed by atoms with Crippen LogP contribution >= 0.6 is 11.3 Å². The van der Waals surface area contributed by atoms with Crippen LogP contribution in [0.15, 0.2) is 47.8 Å². The predicted octanol–water partition coefficient (Wildman–Crippen LogP) is 3.77. The van der Waals surface area contributed by atoms with Crippen LogP contribution in [0.25, 0.3) is 0 Å². The van der Waals surface area contributed by atoms with Gasteiger partial charge < -0.3 is 20.1 Å². The monoisotopic (exact) mass is 444 g/mol. The number of carbonyl (C=O) groups is 2. The quantitative estimate of drug-likeness (QED) is 0.711. The minimum Gasteiger partial charge on any atom is -0.484 e. The Morgan fingerprint density at radius 1 is 1.23 bits per heavy atom. The molecule has 1 aromatic carbocycles. The first kappa shape index (κ1) is 23.3. The van der Waals surface area contributed by atoms with Crippen molar-refractivity contribution < 1.29 is 19.4 Å². The zero-order valence-electron chi connectivity index (χ0n) is 18.6. The molecule has 0 bridgehead atoms.